The third-order valence-corrected chi connectivity index (χ3v) is 3.02. The Kier molecular flexibility index (Phi) is 5.24. The molecule has 0 aliphatic carbocycles. The fourth-order valence-corrected chi connectivity index (χ4v) is 1.84. The highest BCUT2D eigenvalue weighted by atomic mass is 19.1. The Morgan fingerprint density at radius 3 is 2.39 bits per heavy atom. The van der Waals surface area contributed by atoms with Crippen molar-refractivity contribution >= 4 is 17.5 Å². The first-order valence-corrected chi connectivity index (χ1v) is 6.78. The van der Waals surface area contributed by atoms with Crippen LogP contribution in [-0.4, -0.2) is 23.5 Å². The molecule has 7 heteroatoms. The van der Waals surface area contributed by atoms with E-state index in [-0.39, 0.29) is 12.3 Å². The van der Waals surface area contributed by atoms with Crippen LogP contribution in [0, 0.1) is 11.6 Å². The Labute approximate surface area is 130 Å². The van der Waals surface area contributed by atoms with Gasteiger partial charge in [0.2, 0.25) is 0 Å². The van der Waals surface area contributed by atoms with Gasteiger partial charge < -0.3 is 15.7 Å². The predicted octanol–water partition coefficient (Wildman–Crippen LogP) is 1.97. The lowest BCUT2D eigenvalue weighted by molar-refractivity contribution is -0.136. The highest BCUT2D eigenvalue weighted by molar-refractivity contribution is 6.39. The van der Waals surface area contributed by atoms with Gasteiger partial charge >= 0.3 is 11.8 Å². The lowest BCUT2D eigenvalue weighted by atomic mass is 10.1. The van der Waals surface area contributed by atoms with Gasteiger partial charge in [-0.3, -0.25) is 9.59 Å². The summed E-state index contributed by atoms with van der Waals surface area (Å²) in [6.07, 6.45) is 0.452. The van der Waals surface area contributed by atoms with Crippen LogP contribution in [0.3, 0.4) is 0 Å². The Hall–Kier alpha value is -2.96. The van der Waals surface area contributed by atoms with E-state index in [1.807, 2.05) is 5.32 Å². The average Bonchev–Trinajstić information content (AvgIpc) is 2.52. The third kappa shape index (κ3) is 4.77. The maximum atomic E-state index is 13.4. The minimum absolute atomic E-state index is 0.134. The van der Waals surface area contributed by atoms with Crippen LogP contribution < -0.4 is 10.6 Å². The van der Waals surface area contributed by atoms with Crippen molar-refractivity contribution in [1.29, 1.82) is 0 Å². The lowest BCUT2D eigenvalue weighted by Gasteiger charge is -2.07. The van der Waals surface area contributed by atoms with E-state index >= 15 is 0 Å². The van der Waals surface area contributed by atoms with Gasteiger partial charge in [-0.25, -0.2) is 8.78 Å². The first-order chi connectivity index (χ1) is 11.0. The summed E-state index contributed by atoms with van der Waals surface area (Å²) in [6, 6.07) is 8.94. The molecule has 0 fully saturated rings. The van der Waals surface area contributed by atoms with Crippen LogP contribution in [-0.2, 0) is 16.0 Å². The molecule has 2 aromatic carbocycles. The molecular weight excluding hydrogens is 306 g/mol. The Morgan fingerprint density at radius 2 is 1.70 bits per heavy atom. The number of hydrogen-bond acceptors (Lipinski definition) is 3. The van der Waals surface area contributed by atoms with Crippen molar-refractivity contribution in [3.05, 3.63) is 59.7 Å². The van der Waals surface area contributed by atoms with Crippen LogP contribution in [0.4, 0.5) is 14.5 Å². The number of carbonyl (C=O) groups excluding carboxylic acids is 2. The van der Waals surface area contributed by atoms with Crippen molar-refractivity contribution in [3.8, 4) is 5.75 Å². The number of phenols is 1. The first kappa shape index (κ1) is 16.4. The van der Waals surface area contributed by atoms with Crippen molar-refractivity contribution < 1.29 is 23.5 Å². The molecule has 2 aromatic rings. The second-order valence-electron chi connectivity index (χ2n) is 4.75. The predicted molar refractivity (Wildman–Crippen MR) is 79.8 cm³/mol. The molecule has 0 aliphatic heterocycles. The van der Waals surface area contributed by atoms with Crippen molar-refractivity contribution in [1.82, 2.24) is 5.32 Å². The Morgan fingerprint density at radius 1 is 1.00 bits per heavy atom. The molecule has 23 heavy (non-hydrogen) atoms. The molecule has 120 valence electrons. The summed E-state index contributed by atoms with van der Waals surface area (Å²) >= 11 is 0. The highest BCUT2D eigenvalue weighted by Crippen LogP contribution is 2.15. The van der Waals surface area contributed by atoms with Crippen LogP contribution in [0.5, 0.6) is 5.75 Å². The molecule has 3 N–H and O–H groups in total. The summed E-state index contributed by atoms with van der Waals surface area (Å²) in [5.74, 6) is -3.46. The smallest absolute Gasteiger partial charge is 0.313 e. The Bertz CT molecular complexity index is 718. The molecule has 0 saturated carbocycles. The largest absolute Gasteiger partial charge is 0.508 e. The number of aromatic hydroxyl groups is 1. The normalized spacial score (nSPS) is 10.2. The van der Waals surface area contributed by atoms with Gasteiger partial charge in [0, 0.05) is 12.6 Å². The van der Waals surface area contributed by atoms with Crippen LogP contribution in [0.25, 0.3) is 0 Å². The molecule has 0 bridgehead atoms. The highest BCUT2D eigenvalue weighted by Gasteiger charge is 2.15. The van der Waals surface area contributed by atoms with E-state index in [4.69, 9.17) is 5.11 Å². The maximum absolute atomic E-state index is 13.4. The van der Waals surface area contributed by atoms with Crippen LogP contribution in [0.2, 0.25) is 0 Å². The topological polar surface area (TPSA) is 78.4 Å². The van der Waals surface area contributed by atoms with E-state index in [0.717, 1.165) is 23.8 Å². The van der Waals surface area contributed by atoms with Gasteiger partial charge in [0.15, 0.2) is 0 Å². The van der Waals surface area contributed by atoms with Crippen molar-refractivity contribution in [3.63, 3.8) is 0 Å². The van der Waals surface area contributed by atoms with E-state index in [9.17, 15) is 18.4 Å². The number of benzene rings is 2. The molecule has 0 unspecified atom stereocenters. The summed E-state index contributed by atoms with van der Waals surface area (Å²) in [4.78, 5) is 23.2. The number of anilines is 1. The minimum Gasteiger partial charge on any atom is -0.508 e. The fourth-order valence-electron chi connectivity index (χ4n) is 1.84. The molecule has 0 heterocycles. The standard InChI is InChI=1S/C16H14F2N2O3/c17-11-3-6-13(18)14(9-11)20-16(23)15(22)19-8-7-10-1-4-12(21)5-2-10/h1-6,9,21H,7-8H2,(H,19,22)(H,20,23). The van der Waals surface area contributed by atoms with E-state index in [0.29, 0.717) is 6.42 Å². The molecule has 0 aromatic heterocycles. The zero-order valence-electron chi connectivity index (χ0n) is 12.0. The van der Waals surface area contributed by atoms with Crippen molar-refractivity contribution in [2.75, 3.05) is 11.9 Å². The fraction of sp³-hybridized carbons (Fsp3) is 0.125. The molecular formula is C16H14F2N2O3. The summed E-state index contributed by atoms with van der Waals surface area (Å²) in [5.41, 5.74) is 0.461. The van der Waals surface area contributed by atoms with Gasteiger partial charge in [-0.05, 0) is 36.2 Å². The molecule has 0 saturated heterocycles. The summed E-state index contributed by atoms with van der Waals surface area (Å²) in [5, 5.41) is 13.5. The van der Waals surface area contributed by atoms with Gasteiger partial charge in [0.1, 0.15) is 17.4 Å². The number of rotatable bonds is 4. The maximum Gasteiger partial charge on any atom is 0.313 e. The quantitative estimate of drug-likeness (QED) is 0.754. The van der Waals surface area contributed by atoms with E-state index < -0.39 is 29.1 Å². The third-order valence-electron chi connectivity index (χ3n) is 3.02. The number of hydrogen-bond donors (Lipinski definition) is 3. The molecule has 0 aliphatic rings. The summed E-state index contributed by atoms with van der Waals surface area (Å²) in [6.45, 7) is 0.183. The molecule has 5 nitrogen and oxygen atoms in total. The Balaban J connectivity index is 1.84. The van der Waals surface area contributed by atoms with Gasteiger partial charge in [-0.15, -0.1) is 0 Å². The second kappa shape index (κ2) is 7.35. The van der Waals surface area contributed by atoms with Crippen molar-refractivity contribution in [2.24, 2.45) is 0 Å². The van der Waals surface area contributed by atoms with Gasteiger partial charge in [-0.1, -0.05) is 12.1 Å². The molecule has 2 amide bonds. The van der Waals surface area contributed by atoms with E-state index in [1.165, 1.54) is 12.1 Å². The molecule has 0 atom stereocenters. The molecule has 0 spiro atoms. The van der Waals surface area contributed by atoms with Gasteiger partial charge in [-0.2, -0.15) is 0 Å². The summed E-state index contributed by atoms with van der Waals surface area (Å²) in [7, 11) is 0. The van der Waals surface area contributed by atoms with E-state index in [1.54, 1.807) is 12.1 Å². The summed E-state index contributed by atoms with van der Waals surface area (Å²) < 4.78 is 26.3. The SMILES string of the molecule is O=C(NCCc1ccc(O)cc1)C(=O)Nc1cc(F)ccc1F. The number of amides is 2. The first-order valence-electron chi connectivity index (χ1n) is 6.78. The second-order valence-corrected chi connectivity index (χ2v) is 4.75. The lowest BCUT2D eigenvalue weighted by Crippen LogP contribution is -2.36. The van der Waals surface area contributed by atoms with Gasteiger partial charge in [0.05, 0.1) is 5.69 Å². The number of phenolic OH excluding ortho intramolecular Hbond substituents is 1. The number of halogens is 2. The minimum atomic E-state index is -1.08. The zero-order valence-corrected chi connectivity index (χ0v) is 12.0. The molecule has 0 radical (unpaired) electrons. The monoisotopic (exact) mass is 320 g/mol. The van der Waals surface area contributed by atoms with E-state index in [2.05, 4.69) is 5.32 Å². The van der Waals surface area contributed by atoms with Gasteiger partial charge in [0.25, 0.3) is 0 Å². The zero-order chi connectivity index (χ0) is 16.8. The number of carbonyl (C=O) groups is 2. The number of nitrogens with one attached hydrogen (secondary N) is 2. The van der Waals surface area contributed by atoms with Crippen LogP contribution in [0.1, 0.15) is 5.56 Å². The average molecular weight is 320 g/mol. The van der Waals surface area contributed by atoms with Crippen LogP contribution in [0.15, 0.2) is 42.5 Å². The van der Waals surface area contributed by atoms with Crippen LogP contribution >= 0.6 is 0 Å². The molecule has 2 rings (SSSR count). The van der Waals surface area contributed by atoms with Crippen molar-refractivity contribution in [2.45, 2.75) is 6.42 Å².